The lowest BCUT2D eigenvalue weighted by atomic mass is 10.1. The number of fused-ring (bicyclic) bond motifs is 1. The second-order valence-corrected chi connectivity index (χ2v) is 10.6. The third-order valence-electron chi connectivity index (χ3n) is 6.39. The Balaban J connectivity index is 1.59. The van der Waals surface area contributed by atoms with Crippen molar-refractivity contribution in [2.45, 2.75) is 44.6 Å². The SMILES string of the molecule is CC(C)(C)OC(=O)N1C[C@H](OC(=O)c2ccccc2)[C@@H](OC(=O)c2ccccc2)C1c1cc2c(=O)[nH]c(N)nc2[nH]1. The monoisotopic (exact) mass is 559 g/mol. The lowest BCUT2D eigenvalue weighted by Crippen LogP contribution is -2.39. The molecular weight excluding hydrogens is 530 g/mol. The van der Waals surface area contributed by atoms with Crippen LogP contribution in [0.1, 0.15) is 53.2 Å². The first-order chi connectivity index (χ1) is 19.5. The van der Waals surface area contributed by atoms with Crippen LogP contribution in [0.25, 0.3) is 11.0 Å². The van der Waals surface area contributed by atoms with Crippen LogP contribution in [0.15, 0.2) is 71.5 Å². The zero-order valence-corrected chi connectivity index (χ0v) is 22.6. The van der Waals surface area contributed by atoms with E-state index in [1.807, 2.05) is 0 Å². The minimum Gasteiger partial charge on any atom is -0.453 e. The molecule has 41 heavy (non-hydrogen) atoms. The lowest BCUT2D eigenvalue weighted by Gasteiger charge is -2.29. The summed E-state index contributed by atoms with van der Waals surface area (Å²) in [7, 11) is 0. The van der Waals surface area contributed by atoms with Crippen LogP contribution in [0.4, 0.5) is 10.7 Å². The first-order valence-corrected chi connectivity index (χ1v) is 12.9. The lowest BCUT2D eigenvalue weighted by molar-refractivity contribution is -0.0273. The minimum absolute atomic E-state index is 0.104. The summed E-state index contributed by atoms with van der Waals surface area (Å²) in [6, 6.07) is 17.1. The maximum absolute atomic E-state index is 13.5. The third kappa shape index (κ3) is 5.91. The normalized spacial score (nSPS) is 18.7. The molecule has 0 aliphatic carbocycles. The summed E-state index contributed by atoms with van der Waals surface area (Å²) in [4.78, 5) is 63.3. The molecular formula is C29H29N5O7. The van der Waals surface area contributed by atoms with Crippen molar-refractivity contribution in [2.75, 3.05) is 12.3 Å². The third-order valence-corrected chi connectivity index (χ3v) is 6.39. The fourth-order valence-electron chi connectivity index (χ4n) is 4.65. The number of hydrogen-bond donors (Lipinski definition) is 3. The number of ether oxygens (including phenoxy) is 3. The number of nitrogens with two attached hydrogens (primary N) is 1. The molecule has 0 bridgehead atoms. The molecule has 1 saturated heterocycles. The first kappa shape index (κ1) is 27.4. The zero-order chi connectivity index (χ0) is 29.3. The smallest absolute Gasteiger partial charge is 0.411 e. The van der Waals surface area contributed by atoms with E-state index in [0.29, 0.717) is 5.69 Å². The van der Waals surface area contributed by atoms with Gasteiger partial charge >= 0.3 is 18.0 Å². The van der Waals surface area contributed by atoms with Gasteiger partial charge in [-0.15, -0.1) is 0 Å². The van der Waals surface area contributed by atoms with Gasteiger partial charge in [-0.2, -0.15) is 4.98 Å². The van der Waals surface area contributed by atoms with Gasteiger partial charge in [0.2, 0.25) is 5.95 Å². The van der Waals surface area contributed by atoms with E-state index in [0.717, 1.165) is 0 Å². The summed E-state index contributed by atoms with van der Waals surface area (Å²) in [5.41, 5.74) is 5.39. The fraction of sp³-hybridized carbons (Fsp3) is 0.276. The fourth-order valence-corrected chi connectivity index (χ4v) is 4.65. The highest BCUT2D eigenvalue weighted by Crippen LogP contribution is 2.38. The van der Waals surface area contributed by atoms with Crippen molar-refractivity contribution >= 4 is 35.0 Å². The van der Waals surface area contributed by atoms with Crippen molar-refractivity contribution in [3.8, 4) is 0 Å². The number of carbonyl (C=O) groups excluding carboxylic acids is 3. The van der Waals surface area contributed by atoms with E-state index in [1.54, 1.807) is 81.4 Å². The van der Waals surface area contributed by atoms with E-state index in [-0.39, 0.29) is 34.7 Å². The van der Waals surface area contributed by atoms with Crippen LogP contribution >= 0.6 is 0 Å². The van der Waals surface area contributed by atoms with Gasteiger partial charge in [0.1, 0.15) is 17.3 Å². The van der Waals surface area contributed by atoms with Crippen LogP contribution in [0.3, 0.4) is 0 Å². The van der Waals surface area contributed by atoms with Gasteiger partial charge in [0.25, 0.3) is 5.56 Å². The van der Waals surface area contributed by atoms with Gasteiger partial charge in [0, 0.05) is 5.69 Å². The summed E-state index contributed by atoms with van der Waals surface area (Å²) in [6.45, 7) is 4.98. The Morgan fingerprint density at radius 3 is 2.10 bits per heavy atom. The molecule has 1 aliphatic rings. The van der Waals surface area contributed by atoms with Crippen molar-refractivity contribution < 1.29 is 28.6 Å². The van der Waals surface area contributed by atoms with Crippen LogP contribution < -0.4 is 11.3 Å². The maximum Gasteiger partial charge on any atom is 0.411 e. The second kappa shape index (κ2) is 10.8. The van der Waals surface area contributed by atoms with E-state index >= 15 is 0 Å². The molecule has 1 aliphatic heterocycles. The van der Waals surface area contributed by atoms with Gasteiger partial charge < -0.3 is 24.9 Å². The van der Waals surface area contributed by atoms with Gasteiger partial charge in [-0.1, -0.05) is 36.4 Å². The number of aromatic amines is 2. The summed E-state index contributed by atoms with van der Waals surface area (Å²) in [5, 5.41) is 0.177. The van der Waals surface area contributed by atoms with Gasteiger partial charge in [0.15, 0.2) is 12.2 Å². The number of hydrogen-bond acceptors (Lipinski definition) is 9. The van der Waals surface area contributed by atoms with Gasteiger partial charge in [-0.25, -0.2) is 14.4 Å². The number of H-pyrrole nitrogens is 2. The molecule has 12 nitrogen and oxygen atoms in total. The topological polar surface area (TPSA) is 170 Å². The average molecular weight is 560 g/mol. The Labute approximate surface area is 234 Å². The van der Waals surface area contributed by atoms with E-state index in [1.165, 1.54) is 11.0 Å². The Bertz CT molecular complexity index is 1640. The molecule has 0 radical (unpaired) electrons. The Kier molecular flexibility index (Phi) is 7.22. The molecule has 212 valence electrons. The number of nitrogens with one attached hydrogen (secondary N) is 2. The van der Waals surface area contributed by atoms with Crippen LogP contribution in [-0.2, 0) is 14.2 Å². The number of nitrogen functional groups attached to an aromatic ring is 1. The number of nitrogens with zero attached hydrogens (tertiary/aromatic N) is 2. The highest BCUT2D eigenvalue weighted by atomic mass is 16.6. The number of esters is 2. The number of amides is 1. The predicted molar refractivity (Wildman–Crippen MR) is 148 cm³/mol. The van der Waals surface area contributed by atoms with Crippen LogP contribution in [0, 0.1) is 0 Å². The van der Waals surface area contributed by atoms with Crippen molar-refractivity contribution in [3.05, 3.63) is 93.9 Å². The zero-order valence-electron chi connectivity index (χ0n) is 22.6. The highest BCUT2D eigenvalue weighted by molar-refractivity contribution is 5.90. The van der Waals surface area contributed by atoms with Crippen LogP contribution in [0.5, 0.6) is 0 Å². The summed E-state index contributed by atoms with van der Waals surface area (Å²) < 4.78 is 17.5. The molecule has 4 aromatic rings. The number of aromatic nitrogens is 3. The van der Waals surface area contributed by atoms with Crippen LogP contribution in [-0.4, -0.2) is 62.2 Å². The quantitative estimate of drug-likeness (QED) is 0.244. The van der Waals surface area contributed by atoms with Crippen molar-refractivity contribution in [1.82, 2.24) is 19.9 Å². The standard InChI is InChI=1S/C29H29N5O7/c1-29(2,3)41-28(38)34-15-20(39-25(36)16-10-6-4-7-11-16)22(40-26(37)17-12-8-5-9-13-17)21(34)19-14-18-23(31-19)32-27(30)33-24(18)35/h4-14,20-22H,15H2,1-3H3,(H4,30,31,32,33,35)/t20-,21?,22+/m0/s1. The molecule has 1 fully saturated rings. The molecule has 4 N–H and O–H groups in total. The van der Waals surface area contributed by atoms with Gasteiger partial charge in [0.05, 0.1) is 23.1 Å². The second-order valence-electron chi connectivity index (χ2n) is 10.6. The molecule has 0 saturated carbocycles. The molecule has 1 unspecified atom stereocenters. The Morgan fingerprint density at radius 1 is 0.927 bits per heavy atom. The van der Waals surface area contributed by atoms with Crippen molar-refractivity contribution in [1.29, 1.82) is 0 Å². The van der Waals surface area contributed by atoms with E-state index < -0.39 is 47.4 Å². The molecule has 2 aromatic carbocycles. The molecule has 12 heteroatoms. The molecule has 5 rings (SSSR count). The minimum atomic E-state index is -1.19. The largest absolute Gasteiger partial charge is 0.453 e. The van der Waals surface area contributed by atoms with E-state index in [2.05, 4.69) is 15.0 Å². The highest BCUT2D eigenvalue weighted by Gasteiger charge is 2.51. The molecule has 3 atom stereocenters. The Hall–Kier alpha value is -5.13. The predicted octanol–water partition coefficient (Wildman–Crippen LogP) is 3.58. The van der Waals surface area contributed by atoms with E-state index in [4.69, 9.17) is 19.9 Å². The number of benzene rings is 2. The van der Waals surface area contributed by atoms with Crippen molar-refractivity contribution in [2.24, 2.45) is 0 Å². The first-order valence-electron chi connectivity index (χ1n) is 12.9. The molecule has 3 heterocycles. The molecule has 0 spiro atoms. The summed E-state index contributed by atoms with van der Waals surface area (Å²) >= 11 is 0. The van der Waals surface area contributed by atoms with Crippen LogP contribution in [0.2, 0.25) is 0 Å². The van der Waals surface area contributed by atoms with E-state index in [9.17, 15) is 19.2 Å². The van der Waals surface area contributed by atoms with Crippen molar-refractivity contribution in [3.63, 3.8) is 0 Å². The molecule has 2 aromatic heterocycles. The molecule has 1 amide bonds. The summed E-state index contributed by atoms with van der Waals surface area (Å²) in [6.07, 6.45) is -3.01. The number of likely N-dealkylation sites (tertiary alicyclic amines) is 1. The van der Waals surface area contributed by atoms with Gasteiger partial charge in [-0.3, -0.25) is 14.7 Å². The number of rotatable bonds is 5. The number of carbonyl (C=O) groups is 3. The average Bonchev–Trinajstić information content (AvgIpc) is 3.50. The van der Waals surface area contributed by atoms with Gasteiger partial charge in [-0.05, 0) is 51.1 Å². The number of anilines is 1. The summed E-state index contributed by atoms with van der Waals surface area (Å²) in [5.74, 6) is -1.46. The maximum atomic E-state index is 13.5. The Morgan fingerprint density at radius 2 is 1.51 bits per heavy atom.